The standard InChI is InChI=1S/C13H23NO4/c1-9(2)8-10(11(15)16)14-12(17)13(4-5-13)6-7-18-3/h9-10H,4-8H2,1-3H3,(H,14,17)(H,15,16)/t10-/m1/s1. The zero-order valence-electron chi connectivity index (χ0n) is 11.4. The van der Waals surface area contributed by atoms with Gasteiger partial charge < -0.3 is 15.2 Å². The molecule has 1 atom stereocenters. The van der Waals surface area contributed by atoms with Crippen molar-refractivity contribution < 1.29 is 19.4 Å². The van der Waals surface area contributed by atoms with Crippen LogP contribution in [-0.2, 0) is 14.3 Å². The van der Waals surface area contributed by atoms with Crippen molar-refractivity contribution in [3.05, 3.63) is 0 Å². The second kappa shape index (κ2) is 6.18. The van der Waals surface area contributed by atoms with Gasteiger partial charge in [0.05, 0.1) is 5.41 Å². The van der Waals surface area contributed by atoms with E-state index in [2.05, 4.69) is 5.32 Å². The van der Waals surface area contributed by atoms with Crippen LogP contribution in [-0.4, -0.2) is 36.7 Å². The number of amides is 1. The normalized spacial score (nSPS) is 18.4. The van der Waals surface area contributed by atoms with Crippen molar-refractivity contribution in [2.75, 3.05) is 13.7 Å². The Hall–Kier alpha value is -1.10. The van der Waals surface area contributed by atoms with Crippen LogP contribution in [0.3, 0.4) is 0 Å². The monoisotopic (exact) mass is 257 g/mol. The fraction of sp³-hybridized carbons (Fsp3) is 0.846. The smallest absolute Gasteiger partial charge is 0.326 e. The first kappa shape index (κ1) is 15.0. The Labute approximate surface area is 108 Å². The first-order valence-electron chi connectivity index (χ1n) is 6.44. The van der Waals surface area contributed by atoms with Crippen molar-refractivity contribution in [2.45, 2.75) is 45.6 Å². The lowest BCUT2D eigenvalue weighted by Crippen LogP contribution is -2.45. The summed E-state index contributed by atoms with van der Waals surface area (Å²) in [6.07, 6.45) is 2.79. The summed E-state index contributed by atoms with van der Waals surface area (Å²) in [4.78, 5) is 23.2. The van der Waals surface area contributed by atoms with Crippen molar-refractivity contribution in [2.24, 2.45) is 11.3 Å². The molecule has 0 aromatic rings. The summed E-state index contributed by atoms with van der Waals surface area (Å²) in [5.74, 6) is -0.854. The second-order valence-electron chi connectivity index (χ2n) is 5.52. The van der Waals surface area contributed by atoms with Gasteiger partial charge in [-0.15, -0.1) is 0 Å². The molecular weight excluding hydrogens is 234 g/mol. The number of carbonyl (C=O) groups excluding carboxylic acids is 1. The molecule has 0 radical (unpaired) electrons. The fourth-order valence-electron chi connectivity index (χ4n) is 2.04. The van der Waals surface area contributed by atoms with Gasteiger partial charge in [0.2, 0.25) is 5.91 Å². The second-order valence-corrected chi connectivity index (χ2v) is 5.52. The number of hydrogen-bond acceptors (Lipinski definition) is 3. The number of rotatable bonds is 8. The van der Waals surface area contributed by atoms with Crippen LogP contribution in [0, 0.1) is 11.3 Å². The quantitative estimate of drug-likeness (QED) is 0.689. The number of carboxylic acids is 1. The molecule has 18 heavy (non-hydrogen) atoms. The molecule has 0 heterocycles. The van der Waals surface area contributed by atoms with Crippen molar-refractivity contribution in [3.63, 3.8) is 0 Å². The Morgan fingerprint density at radius 1 is 1.39 bits per heavy atom. The Kier molecular flexibility index (Phi) is 5.14. The van der Waals surface area contributed by atoms with E-state index in [1.165, 1.54) is 0 Å². The lowest BCUT2D eigenvalue weighted by molar-refractivity contribution is -0.143. The molecular formula is C13H23NO4. The summed E-state index contributed by atoms with van der Waals surface area (Å²) < 4.78 is 4.99. The van der Waals surface area contributed by atoms with E-state index in [1.807, 2.05) is 13.8 Å². The van der Waals surface area contributed by atoms with Crippen LogP contribution < -0.4 is 5.32 Å². The van der Waals surface area contributed by atoms with E-state index >= 15 is 0 Å². The molecule has 2 N–H and O–H groups in total. The lowest BCUT2D eigenvalue weighted by Gasteiger charge is -2.20. The molecule has 0 saturated heterocycles. The maximum atomic E-state index is 12.1. The van der Waals surface area contributed by atoms with Gasteiger partial charge in [-0.05, 0) is 31.6 Å². The predicted molar refractivity (Wildman–Crippen MR) is 67.2 cm³/mol. The van der Waals surface area contributed by atoms with Crippen LogP contribution in [0.5, 0.6) is 0 Å². The van der Waals surface area contributed by atoms with E-state index in [9.17, 15) is 9.59 Å². The Balaban J connectivity index is 2.53. The van der Waals surface area contributed by atoms with Gasteiger partial charge in [-0.1, -0.05) is 13.8 Å². The zero-order chi connectivity index (χ0) is 13.8. The largest absolute Gasteiger partial charge is 0.480 e. The van der Waals surface area contributed by atoms with E-state index in [0.717, 1.165) is 12.8 Å². The molecule has 5 heteroatoms. The third-order valence-corrected chi connectivity index (χ3v) is 3.43. The van der Waals surface area contributed by atoms with E-state index in [-0.39, 0.29) is 17.2 Å². The average Bonchev–Trinajstić information content (AvgIpc) is 3.05. The summed E-state index contributed by atoms with van der Waals surface area (Å²) in [7, 11) is 1.60. The van der Waals surface area contributed by atoms with Gasteiger partial charge in [0.25, 0.3) is 0 Å². The summed E-state index contributed by atoms with van der Waals surface area (Å²) in [6.45, 7) is 4.43. The molecule has 104 valence electrons. The number of ether oxygens (including phenoxy) is 1. The molecule has 1 amide bonds. The maximum Gasteiger partial charge on any atom is 0.326 e. The summed E-state index contributed by atoms with van der Waals surface area (Å²) in [6, 6.07) is -0.780. The Morgan fingerprint density at radius 2 is 2.00 bits per heavy atom. The molecule has 0 aliphatic heterocycles. The first-order valence-corrected chi connectivity index (χ1v) is 6.44. The summed E-state index contributed by atoms with van der Waals surface area (Å²) >= 11 is 0. The SMILES string of the molecule is COCCC1(C(=O)N[C@H](CC(C)C)C(=O)O)CC1. The Morgan fingerprint density at radius 3 is 2.39 bits per heavy atom. The Bertz CT molecular complexity index is 310. The van der Waals surface area contributed by atoms with Crippen LogP contribution in [0.4, 0.5) is 0 Å². The summed E-state index contributed by atoms with van der Waals surface area (Å²) in [5.41, 5.74) is -0.374. The van der Waals surface area contributed by atoms with E-state index < -0.39 is 12.0 Å². The molecule has 1 aliphatic rings. The number of methoxy groups -OCH3 is 1. The molecule has 0 aromatic heterocycles. The van der Waals surface area contributed by atoms with E-state index in [0.29, 0.717) is 19.4 Å². The minimum absolute atomic E-state index is 0.132. The van der Waals surface area contributed by atoms with Gasteiger partial charge in [-0.25, -0.2) is 4.79 Å². The van der Waals surface area contributed by atoms with Crippen LogP contribution in [0.15, 0.2) is 0 Å². The van der Waals surface area contributed by atoms with Gasteiger partial charge in [0, 0.05) is 13.7 Å². The van der Waals surface area contributed by atoms with Crippen molar-refractivity contribution in [1.82, 2.24) is 5.32 Å². The van der Waals surface area contributed by atoms with Crippen LogP contribution in [0.25, 0.3) is 0 Å². The molecule has 1 saturated carbocycles. The van der Waals surface area contributed by atoms with E-state index in [4.69, 9.17) is 9.84 Å². The first-order chi connectivity index (χ1) is 8.41. The predicted octanol–water partition coefficient (Wildman–Crippen LogP) is 1.42. The lowest BCUT2D eigenvalue weighted by atomic mass is 9.99. The number of hydrogen-bond donors (Lipinski definition) is 2. The minimum Gasteiger partial charge on any atom is -0.480 e. The highest BCUT2D eigenvalue weighted by molar-refractivity contribution is 5.89. The van der Waals surface area contributed by atoms with Crippen LogP contribution >= 0.6 is 0 Å². The molecule has 1 aliphatic carbocycles. The van der Waals surface area contributed by atoms with Gasteiger partial charge in [0.1, 0.15) is 6.04 Å². The number of carbonyl (C=O) groups is 2. The molecule has 0 unspecified atom stereocenters. The number of aliphatic carboxylic acids is 1. The number of carboxylic acid groups (broad SMARTS) is 1. The third-order valence-electron chi connectivity index (χ3n) is 3.43. The highest BCUT2D eigenvalue weighted by Gasteiger charge is 2.49. The van der Waals surface area contributed by atoms with Crippen LogP contribution in [0.1, 0.15) is 39.5 Å². The van der Waals surface area contributed by atoms with Gasteiger partial charge in [-0.2, -0.15) is 0 Å². The van der Waals surface area contributed by atoms with Crippen molar-refractivity contribution in [3.8, 4) is 0 Å². The fourth-order valence-corrected chi connectivity index (χ4v) is 2.04. The van der Waals surface area contributed by atoms with Gasteiger partial charge >= 0.3 is 5.97 Å². The topological polar surface area (TPSA) is 75.6 Å². The molecule has 1 rings (SSSR count). The highest BCUT2D eigenvalue weighted by Crippen LogP contribution is 2.49. The zero-order valence-corrected chi connectivity index (χ0v) is 11.4. The maximum absolute atomic E-state index is 12.1. The summed E-state index contributed by atoms with van der Waals surface area (Å²) in [5, 5.41) is 11.8. The van der Waals surface area contributed by atoms with E-state index in [1.54, 1.807) is 7.11 Å². The molecule has 0 bridgehead atoms. The average molecular weight is 257 g/mol. The minimum atomic E-state index is -0.959. The van der Waals surface area contributed by atoms with Gasteiger partial charge in [0.15, 0.2) is 0 Å². The molecule has 1 fully saturated rings. The van der Waals surface area contributed by atoms with Crippen LogP contribution in [0.2, 0.25) is 0 Å². The van der Waals surface area contributed by atoms with Crippen molar-refractivity contribution >= 4 is 11.9 Å². The molecule has 0 aromatic carbocycles. The molecule has 5 nitrogen and oxygen atoms in total. The number of nitrogens with one attached hydrogen (secondary N) is 1. The van der Waals surface area contributed by atoms with Crippen molar-refractivity contribution in [1.29, 1.82) is 0 Å². The van der Waals surface area contributed by atoms with Gasteiger partial charge in [-0.3, -0.25) is 4.79 Å². The highest BCUT2D eigenvalue weighted by atomic mass is 16.5. The third kappa shape index (κ3) is 3.98. The molecule has 0 spiro atoms.